The topological polar surface area (TPSA) is 75.1 Å². The Morgan fingerprint density at radius 3 is 2.45 bits per heavy atom. The highest BCUT2D eigenvalue weighted by Crippen LogP contribution is 2.32. The molecule has 2 aromatic heterocycles. The van der Waals surface area contributed by atoms with Gasteiger partial charge in [-0.1, -0.05) is 35.5 Å². The van der Waals surface area contributed by atoms with Crippen LogP contribution in [0.4, 0.5) is 5.88 Å². The molecule has 7 heteroatoms. The van der Waals surface area contributed by atoms with E-state index < -0.39 is 6.10 Å². The largest absolute Gasteiger partial charge is 0.468 e. The smallest absolute Gasteiger partial charge is 0.232 e. The molecule has 0 bridgehead atoms. The van der Waals surface area contributed by atoms with Gasteiger partial charge in [-0.3, -0.25) is 4.90 Å². The molecule has 1 aromatic carbocycles. The molecule has 0 aliphatic carbocycles. The number of anilines is 1. The Labute approximate surface area is 184 Å². The van der Waals surface area contributed by atoms with Crippen molar-refractivity contribution >= 4 is 5.88 Å². The number of aliphatic hydroxyl groups excluding tert-OH is 1. The van der Waals surface area contributed by atoms with E-state index in [0.717, 1.165) is 41.6 Å². The first kappa shape index (κ1) is 23.1. The summed E-state index contributed by atoms with van der Waals surface area (Å²) < 4.78 is 16.8. The highest BCUT2D eigenvalue weighted by Gasteiger charge is 2.25. The lowest BCUT2D eigenvalue weighted by molar-refractivity contribution is 0.0168. The predicted molar refractivity (Wildman–Crippen MR) is 121 cm³/mol. The van der Waals surface area contributed by atoms with Gasteiger partial charge < -0.3 is 23.7 Å². The molecular formula is C24H33N3O4. The summed E-state index contributed by atoms with van der Waals surface area (Å²) in [4.78, 5) is 4.31. The quantitative estimate of drug-likeness (QED) is 0.438. The van der Waals surface area contributed by atoms with Crippen molar-refractivity contribution in [1.29, 1.82) is 0 Å². The highest BCUT2D eigenvalue weighted by atomic mass is 16.5. The maximum atomic E-state index is 10.5. The fourth-order valence-corrected chi connectivity index (χ4v) is 3.66. The van der Waals surface area contributed by atoms with Crippen molar-refractivity contribution in [1.82, 2.24) is 10.1 Å². The van der Waals surface area contributed by atoms with E-state index >= 15 is 0 Å². The Kier molecular flexibility index (Phi) is 8.70. The van der Waals surface area contributed by atoms with E-state index in [1.165, 1.54) is 0 Å². The Hall–Kier alpha value is -2.61. The van der Waals surface area contributed by atoms with E-state index in [0.29, 0.717) is 32.8 Å². The molecule has 0 saturated heterocycles. The molecule has 3 rings (SSSR count). The van der Waals surface area contributed by atoms with Gasteiger partial charge in [0.2, 0.25) is 5.88 Å². The second kappa shape index (κ2) is 11.7. The number of hydrogen-bond acceptors (Lipinski definition) is 7. The zero-order valence-corrected chi connectivity index (χ0v) is 18.7. The van der Waals surface area contributed by atoms with E-state index in [1.807, 2.05) is 49.4 Å². The first-order chi connectivity index (χ1) is 15.2. The van der Waals surface area contributed by atoms with Gasteiger partial charge in [0.15, 0.2) is 0 Å². The van der Waals surface area contributed by atoms with Crippen LogP contribution in [0.1, 0.15) is 32.1 Å². The maximum absolute atomic E-state index is 10.5. The third-order valence-electron chi connectivity index (χ3n) is 5.19. The van der Waals surface area contributed by atoms with E-state index in [4.69, 9.17) is 13.7 Å². The van der Waals surface area contributed by atoms with Crippen LogP contribution in [0.3, 0.4) is 0 Å². The number of furan rings is 1. The molecule has 31 heavy (non-hydrogen) atoms. The van der Waals surface area contributed by atoms with Crippen molar-refractivity contribution in [2.75, 3.05) is 37.7 Å². The summed E-state index contributed by atoms with van der Waals surface area (Å²) in [6, 6.07) is 13.9. The number of nitrogens with zero attached hydrogens (tertiary/aromatic N) is 3. The minimum atomic E-state index is -0.605. The molecule has 0 aliphatic rings. The van der Waals surface area contributed by atoms with Crippen molar-refractivity contribution in [2.45, 2.75) is 40.0 Å². The molecule has 2 heterocycles. The molecule has 7 nitrogen and oxygen atoms in total. The maximum Gasteiger partial charge on any atom is 0.232 e. The van der Waals surface area contributed by atoms with Gasteiger partial charge in [0, 0.05) is 38.3 Å². The fourth-order valence-electron chi connectivity index (χ4n) is 3.66. The van der Waals surface area contributed by atoms with Crippen molar-refractivity contribution in [3.63, 3.8) is 0 Å². The third-order valence-corrected chi connectivity index (χ3v) is 5.19. The number of aromatic nitrogens is 1. The van der Waals surface area contributed by atoms with Crippen LogP contribution in [0, 0.1) is 0 Å². The van der Waals surface area contributed by atoms with E-state index in [1.54, 1.807) is 6.26 Å². The average molecular weight is 428 g/mol. The molecule has 0 amide bonds. The molecule has 3 aromatic rings. The summed E-state index contributed by atoms with van der Waals surface area (Å²) in [6.07, 6.45) is 1.06. The molecule has 168 valence electrons. The number of hydrogen-bond donors (Lipinski definition) is 1. The Bertz CT molecular complexity index is 876. The normalized spacial score (nSPS) is 12.4. The minimum Gasteiger partial charge on any atom is -0.468 e. The van der Waals surface area contributed by atoms with Gasteiger partial charge in [-0.15, -0.1) is 0 Å². The third kappa shape index (κ3) is 6.19. The summed E-state index contributed by atoms with van der Waals surface area (Å²) in [7, 11) is 0. The average Bonchev–Trinajstić information content (AvgIpc) is 3.44. The molecule has 0 saturated carbocycles. The number of rotatable bonds is 13. The summed E-state index contributed by atoms with van der Waals surface area (Å²) in [5.74, 6) is 1.61. The van der Waals surface area contributed by atoms with Crippen LogP contribution >= 0.6 is 0 Å². The van der Waals surface area contributed by atoms with E-state index in [2.05, 4.69) is 28.8 Å². The van der Waals surface area contributed by atoms with Gasteiger partial charge >= 0.3 is 0 Å². The lowest BCUT2D eigenvalue weighted by atomic mass is 10.1. The minimum absolute atomic E-state index is 0.295. The van der Waals surface area contributed by atoms with Crippen molar-refractivity contribution in [3.05, 3.63) is 60.1 Å². The van der Waals surface area contributed by atoms with Crippen molar-refractivity contribution in [2.24, 2.45) is 0 Å². The zero-order valence-electron chi connectivity index (χ0n) is 18.7. The second-order valence-corrected chi connectivity index (χ2v) is 7.42. The van der Waals surface area contributed by atoms with Crippen molar-refractivity contribution < 1.29 is 18.8 Å². The Morgan fingerprint density at radius 2 is 1.81 bits per heavy atom. The van der Waals surface area contributed by atoms with Gasteiger partial charge in [0.1, 0.15) is 11.5 Å². The molecule has 1 N–H and O–H groups in total. The standard InChI is InChI=1S/C24H33N3O4/c1-4-27(5-2)24-22(23(25-31-24)19-11-8-7-9-12-19)17-26(15-20(28)18-29-6-3)16-21-13-10-14-30-21/h7-14,20,28H,4-6,15-18H2,1-3H3/t20-/m1/s1. The SMILES string of the molecule is CCOC[C@H](O)CN(Cc1ccco1)Cc1c(-c2ccccc2)noc1N(CC)CC. The van der Waals surface area contributed by atoms with Crippen LogP contribution in [0.25, 0.3) is 11.3 Å². The van der Waals surface area contributed by atoms with Gasteiger partial charge in [-0.2, -0.15) is 0 Å². The van der Waals surface area contributed by atoms with Gasteiger partial charge in [0.25, 0.3) is 0 Å². The van der Waals surface area contributed by atoms with Crippen molar-refractivity contribution in [3.8, 4) is 11.3 Å². The molecule has 0 fully saturated rings. The molecule has 0 radical (unpaired) electrons. The molecule has 0 spiro atoms. The lowest BCUT2D eigenvalue weighted by Gasteiger charge is -2.26. The lowest BCUT2D eigenvalue weighted by Crippen LogP contribution is -2.35. The first-order valence-corrected chi connectivity index (χ1v) is 11.0. The van der Waals surface area contributed by atoms with E-state index in [-0.39, 0.29) is 0 Å². The molecule has 0 aliphatic heterocycles. The fraction of sp³-hybridized carbons (Fsp3) is 0.458. The predicted octanol–water partition coefficient (Wildman–Crippen LogP) is 4.18. The van der Waals surface area contributed by atoms with Crippen LogP contribution in [0.15, 0.2) is 57.7 Å². The van der Waals surface area contributed by atoms with Gasteiger partial charge in [0.05, 0.1) is 31.1 Å². The summed E-state index contributed by atoms with van der Waals surface area (Å²) >= 11 is 0. The number of benzene rings is 1. The monoisotopic (exact) mass is 427 g/mol. The first-order valence-electron chi connectivity index (χ1n) is 11.0. The molecule has 0 unspecified atom stereocenters. The highest BCUT2D eigenvalue weighted by molar-refractivity contribution is 5.68. The van der Waals surface area contributed by atoms with Crippen LogP contribution in [0.5, 0.6) is 0 Å². The van der Waals surface area contributed by atoms with Gasteiger partial charge in [-0.25, -0.2) is 0 Å². The van der Waals surface area contributed by atoms with Crippen LogP contribution < -0.4 is 4.90 Å². The number of ether oxygens (including phenoxy) is 1. The van der Waals surface area contributed by atoms with E-state index in [9.17, 15) is 5.11 Å². The van der Waals surface area contributed by atoms with Crippen LogP contribution in [-0.4, -0.2) is 54.1 Å². The summed E-state index contributed by atoms with van der Waals surface area (Å²) in [5, 5.41) is 14.9. The Morgan fingerprint density at radius 1 is 1.03 bits per heavy atom. The van der Waals surface area contributed by atoms with Gasteiger partial charge in [-0.05, 0) is 32.9 Å². The number of aliphatic hydroxyl groups is 1. The second-order valence-electron chi connectivity index (χ2n) is 7.42. The summed E-state index contributed by atoms with van der Waals surface area (Å²) in [5.41, 5.74) is 2.84. The van der Waals surface area contributed by atoms with Crippen LogP contribution in [-0.2, 0) is 17.8 Å². The van der Waals surface area contributed by atoms with Crippen LogP contribution in [0.2, 0.25) is 0 Å². The zero-order chi connectivity index (χ0) is 22.1. The molecular weight excluding hydrogens is 394 g/mol. The Balaban J connectivity index is 1.92. The molecule has 1 atom stereocenters. The summed E-state index contributed by atoms with van der Waals surface area (Å²) in [6.45, 7) is 10.2.